The van der Waals surface area contributed by atoms with Crippen LogP contribution in [0.1, 0.15) is 35.3 Å². The Morgan fingerprint density at radius 3 is 2.93 bits per heavy atom. The number of thioether (sulfide) groups is 1. The van der Waals surface area contributed by atoms with Crippen molar-refractivity contribution in [3.63, 3.8) is 0 Å². The number of aryl methyl sites for hydroxylation is 1. The van der Waals surface area contributed by atoms with Gasteiger partial charge in [0, 0.05) is 10.8 Å². The van der Waals surface area contributed by atoms with Crippen molar-refractivity contribution in [2.75, 3.05) is 5.75 Å². The number of amides is 1. The van der Waals surface area contributed by atoms with Crippen LogP contribution in [0.2, 0.25) is 0 Å². The van der Waals surface area contributed by atoms with E-state index in [-0.39, 0.29) is 17.7 Å². The van der Waals surface area contributed by atoms with Crippen molar-refractivity contribution in [1.29, 1.82) is 0 Å². The Kier molecular flexibility index (Phi) is 5.45. The number of aromatic nitrogens is 3. The van der Waals surface area contributed by atoms with Gasteiger partial charge in [0.2, 0.25) is 11.8 Å². The molecule has 0 aliphatic carbocycles. The monoisotopic (exact) mass is 414 g/mol. The van der Waals surface area contributed by atoms with Gasteiger partial charge in [-0.3, -0.25) is 4.79 Å². The molecule has 0 aliphatic rings. The normalized spacial score (nSPS) is 12.4. The first-order valence-corrected chi connectivity index (χ1v) is 10.6. The summed E-state index contributed by atoms with van der Waals surface area (Å²) in [6, 6.07) is 9.47. The predicted molar refractivity (Wildman–Crippen MR) is 107 cm³/mol. The maximum Gasteiger partial charge on any atom is 0.277 e. The van der Waals surface area contributed by atoms with Crippen molar-refractivity contribution in [2.45, 2.75) is 31.5 Å². The quantitative estimate of drug-likeness (QED) is 0.454. The van der Waals surface area contributed by atoms with Crippen LogP contribution in [-0.2, 0) is 11.2 Å². The molecule has 0 bridgehead atoms. The van der Waals surface area contributed by atoms with E-state index in [9.17, 15) is 4.79 Å². The van der Waals surface area contributed by atoms with E-state index < -0.39 is 0 Å². The van der Waals surface area contributed by atoms with E-state index in [2.05, 4.69) is 20.5 Å². The lowest BCUT2D eigenvalue weighted by molar-refractivity contribution is -0.119. The summed E-state index contributed by atoms with van der Waals surface area (Å²) in [5, 5.41) is 15.3. The van der Waals surface area contributed by atoms with Gasteiger partial charge < -0.3 is 14.2 Å². The molecule has 0 spiro atoms. The van der Waals surface area contributed by atoms with E-state index in [0.29, 0.717) is 17.5 Å². The predicted octanol–water partition coefficient (Wildman–Crippen LogP) is 4.14. The first-order chi connectivity index (χ1) is 13.6. The molecule has 1 amide bonds. The van der Waals surface area contributed by atoms with Crippen LogP contribution in [0.5, 0.6) is 0 Å². The van der Waals surface area contributed by atoms with Gasteiger partial charge in [-0.2, -0.15) is 0 Å². The number of hydrogen-bond donors (Lipinski definition) is 1. The molecule has 28 heavy (non-hydrogen) atoms. The maximum atomic E-state index is 12.2. The SMILES string of the molecule is Cc1nc(Cc2nnc(SCC(=O)N[C@@H](C)c3cc4ccccc4o3)o2)cs1. The molecular formula is C19H18N4O3S2. The van der Waals surface area contributed by atoms with Gasteiger partial charge >= 0.3 is 0 Å². The molecule has 1 aromatic carbocycles. The molecule has 0 radical (unpaired) electrons. The fourth-order valence-corrected chi connectivity index (χ4v) is 3.91. The molecule has 0 saturated heterocycles. The molecule has 7 nitrogen and oxygen atoms in total. The van der Waals surface area contributed by atoms with Crippen molar-refractivity contribution in [2.24, 2.45) is 0 Å². The number of hydrogen-bond acceptors (Lipinski definition) is 8. The van der Waals surface area contributed by atoms with Gasteiger partial charge in [0.15, 0.2) is 0 Å². The standard InChI is InChI=1S/C19H18N4O3S2/c1-11(16-7-13-5-3-4-6-15(13)25-16)20-17(24)10-28-19-23-22-18(26-19)8-14-9-27-12(2)21-14/h3-7,9,11H,8,10H2,1-2H3,(H,20,24)/t11-/m0/s1. The Balaban J connectivity index is 1.29. The molecule has 0 fully saturated rings. The van der Waals surface area contributed by atoms with E-state index in [1.54, 1.807) is 11.3 Å². The first kappa shape index (κ1) is 18.7. The third-order valence-electron chi connectivity index (χ3n) is 4.02. The topological polar surface area (TPSA) is 94.0 Å². The third kappa shape index (κ3) is 4.42. The van der Waals surface area contributed by atoms with Crippen LogP contribution in [-0.4, -0.2) is 26.8 Å². The number of carbonyl (C=O) groups excluding carboxylic acids is 1. The van der Waals surface area contributed by atoms with Crippen molar-refractivity contribution in [3.8, 4) is 0 Å². The Labute approximate surface area is 169 Å². The lowest BCUT2D eigenvalue weighted by Crippen LogP contribution is -2.27. The van der Waals surface area contributed by atoms with Crippen LogP contribution in [0.4, 0.5) is 0 Å². The fraction of sp³-hybridized carbons (Fsp3) is 0.263. The molecule has 3 heterocycles. The number of carbonyl (C=O) groups is 1. The van der Waals surface area contributed by atoms with Gasteiger partial charge in [0.05, 0.1) is 28.9 Å². The minimum absolute atomic E-state index is 0.132. The summed E-state index contributed by atoms with van der Waals surface area (Å²) in [6.45, 7) is 3.84. The minimum atomic E-state index is -0.230. The molecule has 1 N–H and O–H groups in total. The number of nitrogens with zero attached hydrogens (tertiary/aromatic N) is 3. The number of benzene rings is 1. The van der Waals surface area contributed by atoms with E-state index in [1.165, 1.54) is 11.8 Å². The van der Waals surface area contributed by atoms with Crippen LogP contribution >= 0.6 is 23.1 Å². The number of rotatable bonds is 7. The maximum absolute atomic E-state index is 12.2. The number of para-hydroxylation sites is 1. The van der Waals surface area contributed by atoms with Gasteiger partial charge in [0.1, 0.15) is 11.3 Å². The number of thiazole rings is 1. The van der Waals surface area contributed by atoms with E-state index in [0.717, 1.165) is 27.4 Å². The lowest BCUT2D eigenvalue weighted by atomic mass is 10.2. The summed E-state index contributed by atoms with van der Waals surface area (Å²) in [5.74, 6) is 1.26. The second kappa shape index (κ2) is 8.15. The average molecular weight is 415 g/mol. The summed E-state index contributed by atoms with van der Waals surface area (Å²) in [4.78, 5) is 16.6. The van der Waals surface area contributed by atoms with Crippen LogP contribution in [0, 0.1) is 6.92 Å². The third-order valence-corrected chi connectivity index (χ3v) is 5.66. The van der Waals surface area contributed by atoms with Crippen LogP contribution in [0.25, 0.3) is 11.0 Å². The van der Waals surface area contributed by atoms with Gasteiger partial charge in [-0.05, 0) is 26.0 Å². The minimum Gasteiger partial charge on any atom is -0.459 e. The highest BCUT2D eigenvalue weighted by Crippen LogP contribution is 2.24. The highest BCUT2D eigenvalue weighted by atomic mass is 32.2. The second-order valence-corrected chi connectivity index (χ2v) is 8.25. The summed E-state index contributed by atoms with van der Waals surface area (Å²) < 4.78 is 11.4. The Morgan fingerprint density at radius 2 is 2.14 bits per heavy atom. The molecule has 4 aromatic rings. The molecular weight excluding hydrogens is 396 g/mol. The smallest absolute Gasteiger partial charge is 0.277 e. The fourth-order valence-electron chi connectivity index (χ4n) is 2.71. The Hall–Kier alpha value is -2.65. The van der Waals surface area contributed by atoms with Crippen molar-refractivity contribution in [1.82, 2.24) is 20.5 Å². The number of nitrogens with one attached hydrogen (secondary N) is 1. The van der Waals surface area contributed by atoms with E-state index in [1.807, 2.05) is 49.6 Å². The van der Waals surface area contributed by atoms with Gasteiger partial charge in [0.25, 0.3) is 5.22 Å². The molecule has 0 aliphatic heterocycles. The van der Waals surface area contributed by atoms with Crippen molar-refractivity contribution in [3.05, 3.63) is 58.1 Å². The summed E-state index contributed by atoms with van der Waals surface area (Å²) >= 11 is 2.79. The highest BCUT2D eigenvalue weighted by Gasteiger charge is 2.16. The molecule has 144 valence electrons. The summed E-state index contributed by atoms with van der Waals surface area (Å²) in [5.41, 5.74) is 1.71. The lowest BCUT2D eigenvalue weighted by Gasteiger charge is -2.10. The molecule has 1 atom stereocenters. The largest absolute Gasteiger partial charge is 0.459 e. The zero-order valence-electron chi connectivity index (χ0n) is 15.3. The van der Waals surface area contributed by atoms with Gasteiger partial charge in [-0.15, -0.1) is 21.5 Å². The Morgan fingerprint density at radius 1 is 1.29 bits per heavy atom. The highest BCUT2D eigenvalue weighted by molar-refractivity contribution is 7.99. The van der Waals surface area contributed by atoms with Gasteiger partial charge in [-0.25, -0.2) is 4.98 Å². The van der Waals surface area contributed by atoms with E-state index in [4.69, 9.17) is 8.83 Å². The molecule has 0 unspecified atom stereocenters. The molecule has 9 heteroatoms. The first-order valence-electron chi connectivity index (χ1n) is 8.71. The van der Waals surface area contributed by atoms with Crippen LogP contribution in [0.3, 0.4) is 0 Å². The second-order valence-electron chi connectivity index (χ2n) is 6.26. The summed E-state index contributed by atoms with van der Waals surface area (Å²) in [7, 11) is 0. The number of fused-ring (bicyclic) bond motifs is 1. The van der Waals surface area contributed by atoms with Crippen LogP contribution in [0.15, 0.2) is 49.8 Å². The van der Waals surface area contributed by atoms with Crippen LogP contribution < -0.4 is 5.32 Å². The molecule has 0 saturated carbocycles. The molecule has 4 rings (SSSR count). The van der Waals surface area contributed by atoms with Crippen molar-refractivity contribution >= 4 is 40.0 Å². The zero-order valence-corrected chi connectivity index (χ0v) is 17.0. The molecule has 3 aromatic heterocycles. The van der Waals surface area contributed by atoms with Gasteiger partial charge in [-0.1, -0.05) is 30.0 Å². The van der Waals surface area contributed by atoms with Crippen molar-refractivity contribution < 1.29 is 13.6 Å². The number of furan rings is 1. The zero-order chi connectivity index (χ0) is 19.5. The van der Waals surface area contributed by atoms with E-state index >= 15 is 0 Å². The average Bonchev–Trinajstić information content (AvgIpc) is 3.40. The Bertz CT molecular complexity index is 1070. The summed E-state index contributed by atoms with van der Waals surface area (Å²) in [6.07, 6.45) is 0.493.